The third-order valence-corrected chi connectivity index (χ3v) is 5.96. The number of amides is 2. The Labute approximate surface area is 175 Å². The van der Waals surface area contributed by atoms with Crippen molar-refractivity contribution in [2.75, 3.05) is 19.6 Å². The number of piperidine rings is 1. The zero-order valence-corrected chi connectivity index (χ0v) is 18.0. The van der Waals surface area contributed by atoms with Crippen molar-refractivity contribution in [1.82, 2.24) is 29.9 Å². The fraction of sp³-hybridized carbons (Fsp3) is 0.619. The summed E-state index contributed by atoms with van der Waals surface area (Å²) in [6.45, 7) is 9.37. The van der Waals surface area contributed by atoms with Crippen LogP contribution in [0.15, 0.2) is 10.7 Å². The van der Waals surface area contributed by atoms with Crippen molar-refractivity contribution >= 4 is 11.8 Å². The topological polar surface area (TPSA) is 105 Å². The van der Waals surface area contributed by atoms with Crippen molar-refractivity contribution in [3.8, 4) is 11.4 Å². The summed E-state index contributed by atoms with van der Waals surface area (Å²) in [6, 6.07) is 0.120. The fourth-order valence-electron chi connectivity index (χ4n) is 4.43. The number of hydrogen-bond donors (Lipinski definition) is 0. The van der Waals surface area contributed by atoms with E-state index in [0.29, 0.717) is 43.6 Å². The minimum atomic E-state index is -0.259. The van der Waals surface area contributed by atoms with Crippen LogP contribution in [-0.4, -0.2) is 67.4 Å². The van der Waals surface area contributed by atoms with Gasteiger partial charge in [-0.2, -0.15) is 4.98 Å². The van der Waals surface area contributed by atoms with Crippen LogP contribution < -0.4 is 0 Å². The molecule has 30 heavy (non-hydrogen) atoms. The monoisotopic (exact) mass is 412 g/mol. The van der Waals surface area contributed by atoms with Gasteiger partial charge in [-0.3, -0.25) is 9.59 Å². The van der Waals surface area contributed by atoms with Gasteiger partial charge in [0.2, 0.25) is 23.5 Å². The molecule has 0 aliphatic carbocycles. The van der Waals surface area contributed by atoms with Crippen LogP contribution in [0, 0.1) is 19.8 Å². The molecule has 2 fully saturated rings. The Morgan fingerprint density at radius 1 is 1.23 bits per heavy atom. The molecule has 2 amide bonds. The van der Waals surface area contributed by atoms with Gasteiger partial charge < -0.3 is 14.3 Å². The third-order valence-electron chi connectivity index (χ3n) is 5.96. The number of rotatable bonds is 4. The zero-order valence-electron chi connectivity index (χ0n) is 18.0. The largest absolute Gasteiger partial charge is 0.342 e. The molecule has 0 radical (unpaired) electrons. The molecule has 9 nitrogen and oxygen atoms in total. The Balaban J connectivity index is 1.54. The van der Waals surface area contributed by atoms with E-state index in [4.69, 9.17) is 4.52 Å². The molecule has 2 aliphatic rings. The van der Waals surface area contributed by atoms with E-state index in [9.17, 15) is 9.59 Å². The third kappa shape index (κ3) is 3.93. The van der Waals surface area contributed by atoms with E-state index in [1.807, 2.05) is 25.7 Å². The van der Waals surface area contributed by atoms with Crippen molar-refractivity contribution in [3.05, 3.63) is 23.6 Å². The molecule has 2 aromatic rings. The van der Waals surface area contributed by atoms with E-state index >= 15 is 0 Å². The summed E-state index contributed by atoms with van der Waals surface area (Å²) < 4.78 is 5.14. The van der Waals surface area contributed by atoms with Crippen LogP contribution in [0.2, 0.25) is 0 Å². The number of aromatic nitrogens is 4. The Bertz CT molecular complexity index is 956. The van der Waals surface area contributed by atoms with Crippen molar-refractivity contribution in [3.63, 3.8) is 0 Å². The van der Waals surface area contributed by atoms with E-state index in [1.54, 1.807) is 18.0 Å². The molecule has 2 aliphatic heterocycles. The lowest BCUT2D eigenvalue weighted by Crippen LogP contribution is -2.43. The molecule has 0 bridgehead atoms. The predicted octanol–water partition coefficient (Wildman–Crippen LogP) is 2.11. The lowest BCUT2D eigenvalue weighted by molar-refractivity contribution is -0.137. The number of hydrogen-bond acceptors (Lipinski definition) is 7. The van der Waals surface area contributed by atoms with Gasteiger partial charge in [0.05, 0.1) is 17.2 Å². The maximum Gasteiger partial charge on any atom is 0.228 e. The summed E-state index contributed by atoms with van der Waals surface area (Å²) in [6.07, 6.45) is 3.85. The van der Waals surface area contributed by atoms with Crippen molar-refractivity contribution in [2.45, 2.75) is 58.9 Å². The Morgan fingerprint density at radius 2 is 2.03 bits per heavy atom. The van der Waals surface area contributed by atoms with Crippen molar-refractivity contribution in [2.24, 2.45) is 5.92 Å². The number of likely N-dealkylation sites (tertiary alicyclic amines) is 2. The summed E-state index contributed by atoms with van der Waals surface area (Å²) in [5.41, 5.74) is 1.60. The fourth-order valence-corrected chi connectivity index (χ4v) is 4.43. The molecule has 2 unspecified atom stereocenters. The van der Waals surface area contributed by atoms with Gasteiger partial charge in [0.1, 0.15) is 5.82 Å². The lowest BCUT2D eigenvalue weighted by atomic mass is 9.91. The first kappa shape index (κ1) is 20.4. The molecule has 2 atom stereocenters. The molecule has 0 spiro atoms. The van der Waals surface area contributed by atoms with Crippen molar-refractivity contribution < 1.29 is 14.1 Å². The minimum absolute atomic E-state index is 0.0662. The van der Waals surface area contributed by atoms with Crippen LogP contribution in [-0.2, 0) is 9.59 Å². The number of carbonyl (C=O) groups is 2. The molecule has 160 valence electrons. The molecule has 4 heterocycles. The molecule has 0 N–H and O–H groups in total. The molecule has 4 rings (SSSR count). The van der Waals surface area contributed by atoms with Gasteiger partial charge in [-0.1, -0.05) is 5.16 Å². The van der Waals surface area contributed by atoms with Gasteiger partial charge in [0, 0.05) is 51.1 Å². The van der Waals surface area contributed by atoms with Crippen molar-refractivity contribution in [1.29, 1.82) is 0 Å². The van der Waals surface area contributed by atoms with Crippen LogP contribution in [0.1, 0.15) is 56.4 Å². The first-order valence-electron chi connectivity index (χ1n) is 10.6. The van der Waals surface area contributed by atoms with E-state index in [-0.39, 0.29) is 29.7 Å². The second-order valence-electron chi connectivity index (χ2n) is 8.52. The second kappa shape index (κ2) is 8.12. The average Bonchev–Trinajstić information content (AvgIpc) is 3.33. The van der Waals surface area contributed by atoms with Crippen LogP contribution >= 0.6 is 0 Å². The van der Waals surface area contributed by atoms with Gasteiger partial charge in [-0.15, -0.1) is 0 Å². The molecule has 9 heteroatoms. The normalized spacial score (nSPS) is 22.2. The molecular weight excluding hydrogens is 384 g/mol. The molecule has 2 saturated heterocycles. The van der Waals surface area contributed by atoms with Gasteiger partial charge in [0.25, 0.3) is 0 Å². The maximum absolute atomic E-state index is 13.2. The quantitative estimate of drug-likeness (QED) is 0.757. The van der Waals surface area contributed by atoms with E-state index in [1.165, 1.54) is 0 Å². The number of nitrogens with zero attached hydrogens (tertiary/aromatic N) is 6. The van der Waals surface area contributed by atoms with Crippen LogP contribution in [0.25, 0.3) is 11.4 Å². The van der Waals surface area contributed by atoms with Crippen LogP contribution in [0.4, 0.5) is 0 Å². The summed E-state index contributed by atoms with van der Waals surface area (Å²) in [4.78, 5) is 42.5. The second-order valence-corrected chi connectivity index (χ2v) is 8.52. The SMILES string of the molecule is Cc1ncc(-c2noc(C)n2)c(C2CCCN(C(=O)C3CC(=O)N(C(C)C)C3)C2)n1. The Hall–Kier alpha value is -2.84. The summed E-state index contributed by atoms with van der Waals surface area (Å²) in [7, 11) is 0. The molecule has 2 aromatic heterocycles. The zero-order chi connectivity index (χ0) is 21.4. The summed E-state index contributed by atoms with van der Waals surface area (Å²) >= 11 is 0. The van der Waals surface area contributed by atoms with E-state index in [0.717, 1.165) is 24.1 Å². The van der Waals surface area contributed by atoms with E-state index in [2.05, 4.69) is 20.1 Å². The predicted molar refractivity (Wildman–Crippen MR) is 108 cm³/mol. The highest BCUT2D eigenvalue weighted by Gasteiger charge is 2.39. The van der Waals surface area contributed by atoms with E-state index < -0.39 is 0 Å². The van der Waals surface area contributed by atoms with Gasteiger partial charge in [0.15, 0.2) is 0 Å². The maximum atomic E-state index is 13.2. The average molecular weight is 412 g/mol. The molecular formula is C21H28N6O3. The van der Waals surface area contributed by atoms with Gasteiger partial charge >= 0.3 is 0 Å². The first-order chi connectivity index (χ1) is 14.3. The standard InChI is InChI=1S/C21H28N6O3/c1-12(2)27-11-16(8-18(27)28)21(29)26-7-5-6-15(10-26)19-17(9-22-13(3)23-19)20-24-14(4)30-25-20/h9,12,15-16H,5-8,10-11H2,1-4H3. The summed E-state index contributed by atoms with van der Waals surface area (Å²) in [5, 5.41) is 4.03. The van der Waals surface area contributed by atoms with Gasteiger partial charge in [-0.05, 0) is 33.6 Å². The Morgan fingerprint density at radius 3 is 2.70 bits per heavy atom. The highest BCUT2D eigenvalue weighted by Crippen LogP contribution is 2.33. The number of carbonyl (C=O) groups excluding carboxylic acids is 2. The van der Waals surface area contributed by atoms with Gasteiger partial charge in [-0.25, -0.2) is 9.97 Å². The lowest BCUT2D eigenvalue weighted by Gasteiger charge is -2.34. The molecule has 0 aromatic carbocycles. The molecule has 0 saturated carbocycles. The smallest absolute Gasteiger partial charge is 0.228 e. The van der Waals surface area contributed by atoms with Crippen LogP contribution in [0.5, 0.6) is 0 Å². The highest BCUT2D eigenvalue weighted by molar-refractivity contribution is 5.89. The number of aryl methyl sites for hydroxylation is 2. The Kier molecular flexibility index (Phi) is 5.53. The summed E-state index contributed by atoms with van der Waals surface area (Å²) in [5.74, 6) is 1.57. The minimum Gasteiger partial charge on any atom is -0.342 e. The first-order valence-corrected chi connectivity index (χ1v) is 10.6. The highest BCUT2D eigenvalue weighted by atomic mass is 16.5. The van der Waals surface area contributed by atoms with Crippen LogP contribution in [0.3, 0.4) is 0 Å².